The summed E-state index contributed by atoms with van der Waals surface area (Å²) < 4.78 is 1.75. The summed E-state index contributed by atoms with van der Waals surface area (Å²) in [4.78, 5) is 24.9. The summed E-state index contributed by atoms with van der Waals surface area (Å²) in [6.45, 7) is 10.5. The molecule has 0 aliphatic rings. The predicted octanol–water partition coefficient (Wildman–Crippen LogP) is 3.49. The molecule has 0 saturated carbocycles. The molecule has 2 rings (SSSR count). The highest BCUT2D eigenvalue weighted by Crippen LogP contribution is 2.27. The number of aryl methyl sites for hydroxylation is 1. The highest BCUT2D eigenvalue weighted by molar-refractivity contribution is 7.99. The molecule has 2 N–H and O–H groups in total. The van der Waals surface area contributed by atoms with E-state index in [0.29, 0.717) is 16.4 Å². The molecule has 2 aromatic rings. The lowest BCUT2D eigenvalue weighted by atomic mass is 9.81. The summed E-state index contributed by atoms with van der Waals surface area (Å²) in [5.74, 6) is -0.112. The van der Waals surface area contributed by atoms with E-state index in [0.717, 1.165) is 6.42 Å². The van der Waals surface area contributed by atoms with E-state index in [-0.39, 0.29) is 28.5 Å². The van der Waals surface area contributed by atoms with Gasteiger partial charge in [0, 0.05) is 23.8 Å². The molecule has 0 aliphatic heterocycles. The van der Waals surface area contributed by atoms with E-state index in [9.17, 15) is 9.59 Å². The Balaban J connectivity index is 1.96. The number of amides is 2. The third-order valence-corrected chi connectivity index (χ3v) is 4.87. The van der Waals surface area contributed by atoms with Crippen molar-refractivity contribution in [3.05, 3.63) is 36.2 Å². The fraction of sp³-hybridized carbons (Fsp3) is 0.500. The van der Waals surface area contributed by atoms with Crippen molar-refractivity contribution in [2.45, 2.75) is 51.7 Å². The van der Waals surface area contributed by atoms with E-state index >= 15 is 0 Å². The first-order chi connectivity index (χ1) is 13.0. The average Bonchev–Trinajstić information content (AvgIpc) is 2.95. The van der Waals surface area contributed by atoms with Gasteiger partial charge < -0.3 is 15.2 Å². The number of nitrogens with one attached hydrogen (secondary N) is 2. The van der Waals surface area contributed by atoms with Gasteiger partial charge in [0.2, 0.25) is 5.91 Å². The molecule has 0 radical (unpaired) electrons. The van der Waals surface area contributed by atoms with Gasteiger partial charge in [0.1, 0.15) is 6.33 Å². The largest absolute Gasteiger partial charge is 0.347 e. The lowest BCUT2D eigenvalue weighted by Gasteiger charge is -2.33. The number of carbonyl (C=O) groups excluding carboxylic acids is 2. The number of carbonyl (C=O) groups is 2. The molecule has 2 amide bonds. The third-order valence-electron chi connectivity index (χ3n) is 3.83. The maximum Gasteiger partial charge on any atom is 0.251 e. The van der Waals surface area contributed by atoms with E-state index in [4.69, 9.17) is 0 Å². The van der Waals surface area contributed by atoms with Gasteiger partial charge in [-0.2, -0.15) is 0 Å². The normalized spacial score (nSPS) is 11.9. The molecule has 0 saturated heterocycles. The number of hydrogen-bond acceptors (Lipinski definition) is 5. The second-order valence-electron chi connectivity index (χ2n) is 8.72. The van der Waals surface area contributed by atoms with Gasteiger partial charge in [-0.3, -0.25) is 9.59 Å². The summed E-state index contributed by atoms with van der Waals surface area (Å²) in [6, 6.07) is 6.96. The lowest BCUT2D eigenvalue weighted by Crippen LogP contribution is -2.45. The lowest BCUT2D eigenvalue weighted by molar-refractivity contribution is -0.113. The Labute approximate surface area is 170 Å². The first kappa shape index (κ1) is 21.9. The van der Waals surface area contributed by atoms with Crippen molar-refractivity contribution >= 4 is 29.3 Å². The zero-order valence-corrected chi connectivity index (χ0v) is 18.2. The maximum atomic E-state index is 12.7. The molecule has 0 bridgehead atoms. The van der Waals surface area contributed by atoms with E-state index in [1.165, 1.54) is 11.8 Å². The summed E-state index contributed by atoms with van der Waals surface area (Å²) in [5, 5.41) is 14.3. The standard InChI is InChI=1S/C20H29N5O2S/c1-19(2,3)12-20(4,5)23-17(27)14-8-7-9-15(10-14)22-16(26)11-28-18-24-21-13-25(18)6/h7-10,13H,11-12H2,1-6H3,(H,22,26)(H,23,27). The molecular formula is C20H29N5O2S. The fourth-order valence-corrected chi connectivity index (χ4v) is 3.91. The Hall–Kier alpha value is -2.35. The molecule has 0 unspecified atom stereocenters. The molecule has 8 heteroatoms. The van der Waals surface area contributed by atoms with E-state index < -0.39 is 0 Å². The van der Waals surface area contributed by atoms with Gasteiger partial charge in [-0.1, -0.05) is 38.6 Å². The molecular weight excluding hydrogens is 374 g/mol. The summed E-state index contributed by atoms with van der Waals surface area (Å²) in [6.07, 6.45) is 2.44. The topological polar surface area (TPSA) is 88.9 Å². The van der Waals surface area contributed by atoms with Crippen LogP contribution in [0.3, 0.4) is 0 Å². The Bertz CT molecular complexity index is 839. The molecule has 1 aromatic heterocycles. The number of anilines is 1. The predicted molar refractivity (Wildman–Crippen MR) is 112 cm³/mol. The first-order valence-corrected chi connectivity index (χ1v) is 10.1. The van der Waals surface area contributed by atoms with Crippen LogP contribution in [0.15, 0.2) is 35.7 Å². The molecule has 0 aliphatic carbocycles. The van der Waals surface area contributed by atoms with Gasteiger partial charge >= 0.3 is 0 Å². The van der Waals surface area contributed by atoms with Gasteiger partial charge in [-0.15, -0.1) is 10.2 Å². The first-order valence-electron chi connectivity index (χ1n) is 9.14. The van der Waals surface area contributed by atoms with Crippen molar-refractivity contribution in [2.24, 2.45) is 12.5 Å². The van der Waals surface area contributed by atoms with Crippen molar-refractivity contribution in [1.82, 2.24) is 20.1 Å². The number of rotatable bonds is 7. The van der Waals surface area contributed by atoms with Gasteiger partial charge in [-0.25, -0.2) is 0 Å². The molecule has 152 valence electrons. The second-order valence-corrected chi connectivity index (χ2v) is 9.66. The average molecular weight is 404 g/mol. The van der Waals surface area contributed by atoms with Crippen molar-refractivity contribution in [3.63, 3.8) is 0 Å². The third kappa shape index (κ3) is 6.99. The number of aromatic nitrogens is 3. The Morgan fingerprint density at radius 3 is 2.50 bits per heavy atom. The quantitative estimate of drug-likeness (QED) is 0.691. The summed E-state index contributed by atoms with van der Waals surface area (Å²) >= 11 is 1.30. The Kier molecular flexibility index (Phi) is 6.87. The minimum atomic E-state index is -0.332. The van der Waals surface area contributed by atoms with E-state index in [1.807, 2.05) is 20.9 Å². The fourth-order valence-electron chi connectivity index (χ4n) is 3.22. The van der Waals surface area contributed by atoms with Crippen molar-refractivity contribution < 1.29 is 9.59 Å². The minimum Gasteiger partial charge on any atom is -0.347 e. The molecule has 7 nitrogen and oxygen atoms in total. The highest BCUT2D eigenvalue weighted by atomic mass is 32.2. The molecule has 0 fully saturated rings. The van der Waals surface area contributed by atoms with E-state index in [1.54, 1.807) is 35.2 Å². The molecule has 28 heavy (non-hydrogen) atoms. The maximum absolute atomic E-state index is 12.7. The number of thioether (sulfide) groups is 1. The van der Waals surface area contributed by atoms with E-state index in [2.05, 4.69) is 41.6 Å². The number of benzene rings is 1. The monoisotopic (exact) mass is 403 g/mol. The van der Waals surface area contributed by atoms with Gasteiger partial charge in [0.15, 0.2) is 5.16 Å². The van der Waals surface area contributed by atoms with Crippen LogP contribution in [0.25, 0.3) is 0 Å². The van der Waals surface area contributed by atoms with Crippen LogP contribution in [-0.4, -0.2) is 37.9 Å². The molecule has 1 aromatic carbocycles. The second kappa shape index (κ2) is 8.77. The molecule has 0 spiro atoms. The Morgan fingerprint density at radius 2 is 1.89 bits per heavy atom. The van der Waals surface area contributed by atoms with Crippen molar-refractivity contribution in [2.75, 3.05) is 11.1 Å². The van der Waals surface area contributed by atoms with Crippen LogP contribution in [0.1, 0.15) is 51.4 Å². The van der Waals surface area contributed by atoms with Crippen LogP contribution in [0.2, 0.25) is 0 Å². The highest BCUT2D eigenvalue weighted by Gasteiger charge is 2.27. The van der Waals surface area contributed by atoms with Crippen LogP contribution < -0.4 is 10.6 Å². The van der Waals surface area contributed by atoms with Gasteiger partial charge in [0.05, 0.1) is 5.75 Å². The Morgan fingerprint density at radius 1 is 1.18 bits per heavy atom. The van der Waals surface area contributed by atoms with Crippen LogP contribution in [0, 0.1) is 5.41 Å². The van der Waals surface area contributed by atoms with Crippen LogP contribution in [0.4, 0.5) is 5.69 Å². The van der Waals surface area contributed by atoms with Gasteiger partial charge in [0.25, 0.3) is 5.91 Å². The van der Waals surface area contributed by atoms with Crippen molar-refractivity contribution in [1.29, 1.82) is 0 Å². The molecule has 1 heterocycles. The SMILES string of the molecule is Cn1cnnc1SCC(=O)Nc1cccc(C(=O)NC(C)(C)CC(C)(C)C)c1. The minimum absolute atomic E-state index is 0.104. The van der Waals surface area contributed by atoms with Crippen LogP contribution in [0.5, 0.6) is 0 Å². The van der Waals surface area contributed by atoms with Crippen molar-refractivity contribution in [3.8, 4) is 0 Å². The summed E-state index contributed by atoms with van der Waals surface area (Å²) in [5.41, 5.74) is 0.875. The molecule has 0 atom stereocenters. The van der Waals surface area contributed by atoms with Gasteiger partial charge in [-0.05, 0) is 43.9 Å². The van der Waals surface area contributed by atoms with Crippen LogP contribution in [-0.2, 0) is 11.8 Å². The number of nitrogens with zero attached hydrogens (tertiary/aromatic N) is 3. The zero-order valence-electron chi connectivity index (χ0n) is 17.4. The summed E-state index contributed by atoms with van der Waals surface area (Å²) in [7, 11) is 1.82. The van der Waals surface area contributed by atoms with Crippen LogP contribution >= 0.6 is 11.8 Å². The smallest absolute Gasteiger partial charge is 0.251 e. The zero-order chi connectivity index (χ0) is 20.9. The number of hydrogen-bond donors (Lipinski definition) is 2.